The van der Waals surface area contributed by atoms with Crippen LogP contribution in [0.5, 0.6) is 0 Å². The quantitative estimate of drug-likeness (QED) is 0.754. The molecule has 0 aromatic heterocycles. The molecule has 18 heavy (non-hydrogen) atoms. The molecule has 0 saturated heterocycles. The zero-order chi connectivity index (χ0) is 13.8. The van der Waals surface area contributed by atoms with E-state index in [4.69, 9.17) is 11.6 Å². The maximum atomic E-state index is 6.33. The molecular formula is C15H24ClNS. The summed E-state index contributed by atoms with van der Waals surface area (Å²) in [6.45, 7) is 11.8. The van der Waals surface area contributed by atoms with Gasteiger partial charge in [-0.2, -0.15) is 0 Å². The van der Waals surface area contributed by atoms with Gasteiger partial charge in [-0.05, 0) is 44.9 Å². The van der Waals surface area contributed by atoms with Crippen molar-refractivity contribution in [3.05, 3.63) is 28.8 Å². The molecule has 0 heterocycles. The largest absolute Gasteiger partial charge is 0.308 e. The summed E-state index contributed by atoms with van der Waals surface area (Å²) in [7, 11) is 0. The lowest BCUT2D eigenvalue weighted by atomic mass is 10.1. The molecule has 0 saturated carbocycles. The van der Waals surface area contributed by atoms with Gasteiger partial charge in [-0.3, -0.25) is 0 Å². The third-order valence-electron chi connectivity index (χ3n) is 2.77. The number of rotatable bonds is 5. The lowest BCUT2D eigenvalue weighted by Crippen LogP contribution is -2.35. The summed E-state index contributed by atoms with van der Waals surface area (Å²) in [6.07, 6.45) is 1.17. The normalized spacial score (nSPS) is 13.7. The van der Waals surface area contributed by atoms with Gasteiger partial charge in [0.2, 0.25) is 0 Å². The van der Waals surface area contributed by atoms with Crippen LogP contribution in [0.4, 0.5) is 0 Å². The first-order valence-corrected chi connectivity index (χ1v) is 7.78. The van der Waals surface area contributed by atoms with Crippen LogP contribution in [0.3, 0.4) is 0 Å². The molecular weight excluding hydrogens is 262 g/mol. The zero-order valence-corrected chi connectivity index (χ0v) is 13.6. The van der Waals surface area contributed by atoms with Crippen molar-refractivity contribution in [2.45, 2.75) is 63.3 Å². The van der Waals surface area contributed by atoms with Crippen LogP contribution in [0.1, 0.15) is 46.6 Å². The summed E-state index contributed by atoms with van der Waals surface area (Å²) in [4.78, 5) is 1.30. The van der Waals surface area contributed by atoms with Crippen LogP contribution < -0.4 is 5.32 Å². The fraction of sp³-hybridized carbons (Fsp3) is 0.600. The maximum absolute atomic E-state index is 6.33. The first-order chi connectivity index (χ1) is 8.33. The summed E-state index contributed by atoms with van der Waals surface area (Å²) in [5.41, 5.74) is 1.33. The molecule has 0 fully saturated rings. The molecule has 102 valence electrons. The smallest absolute Gasteiger partial charge is 0.0462 e. The molecule has 1 unspecified atom stereocenters. The first kappa shape index (κ1) is 15.9. The van der Waals surface area contributed by atoms with E-state index >= 15 is 0 Å². The minimum Gasteiger partial charge on any atom is -0.308 e. The van der Waals surface area contributed by atoms with Crippen LogP contribution in [0.15, 0.2) is 23.1 Å². The Balaban J connectivity index is 2.87. The molecule has 0 bridgehead atoms. The van der Waals surface area contributed by atoms with Crippen molar-refractivity contribution in [2.24, 2.45) is 0 Å². The molecule has 1 N–H and O–H groups in total. The van der Waals surface area contributed by atoms with Gasteiger partial charge < -0.3 is 5.32 Å². The summed E-state index contributed by atoms with van der Waals surface area (Å²) in [6, 6.07) is 6.18. The average molecular weight is 286 g/mol. The van der Waals surface area contributed by atoms with Crippen LogP contribution in [0, 0.1) is 0 Å². The Morgan fingerprint density at radius 2 is 2.00 bits per heavy atom. The number of hydrogen-bond donors (Lipinski definition) is 1. The van der Waals surface area contributed by atoms with Gasteiger partial charge in [-0.25, -0.2) is 0 Å². The van der Waals surface area contributed by atoms with Crippen LogP contribution >= 0.6 is 23.4 Å². The second-order valence-electron chi connectivity index (χ2n) is 5.66. The molecule has 0 amide bonds. The molecule has 1 aromatic carbocycles. The van der Waals surface area contributed by atoms with Gasteiger partial charge in [-0.1, -0.05) is 31.5 Å². The predicted octanol–water partition coefficient (Wildman–Crippen LogP) is 5.12. The Hall–Kier alpha value is -0.180. The number of nitrogens with one attached hydrogen (secondary N) is 1. The second kappa shape index (κ2) is 6.83. The van der Waals surface area contributed by atoms with Crippen LogP contribution in [0.25, 0.3) is 0 Å². The highest BCUT2D eigenvalue weighted by molar-refractivity contribution is 8.00. The summed E-state index contributed by atoms with van der Waals surface area (Å²) in [5, 5.41) is 5.00. The van der Waals surface area contributed by atoms with Gasteiger partial charge in [0.25, 0.3) is 0 Å². The van der Waals surface area contributed by atoms with Gasteiger partial charge in [0, 0.05) is 27.3 Å². The average Bonchev–Trinajstić information content (AvgIpc) is 2.26. The highest BCUT2D eigenvalue weighted by Gasteiger charge is 2.14. The Morgan fingerprint density at radius 1 is 1.33 bits per heavy atom. The van der Waals surface area contributed by atoms with E-state index in [0.29, 0.717) is 5.25 Å². The van der Waals surface area contributed by atoms with Gasteiger partial charge in [0.15, 0.2) is 0 Å². The van der Waals surface area contributed by atoms with E-state index in [1.165, 1.54) is 16.9 Å². The molecule has 1 nitrogen and oxygen atoms in total. The van der Waals surface area contributed by atoms with Gasteiger partial charge in [-0.15, -0.1) is 11.8 Å². The Morgan fingerprint density at radius 3 is 2.56 bits per heavy atom. The molecule has 3 heteroatoms. The Bertz CT molecular complexity index is 385. The lowest BCUT2D eigenvalue weighted by molar-refractivity contribution is 0.422. The van der Waals surface area contributed by atoms with Crippen molar-refractivity contribution in [2.75, 3.05) is 0 Å². The maximum Gasteiger partial charge on any atom is 0.0462 e. The molecule has 0 aliphatic rings. The van der Waals surface area contributed by atoms with Crippen molar-refractivity contribution < 1.29 is 0 Å². The summed E-state index contributed by atoms with van der Waals surface area (Å²) < 4.78 is 0. The third-order valence-corrected chi connectivity index (χ3v) is 4.50. The van der Waals surface area contributed by atoms with Crippen LogP contribution in [-0.2, 0) is 6.54 Å². The Labute approximate surface area is 121 Å². The standard InChI is InChI=1S/C15H24ClNS/c1-6-11(2)18-14-9-7-8-13(16)12(14)10-17-15(3,4)5/h7-9,11,17H,6,10H2,1-5H3. The highest BCUT2D eigenvalue weighted by Crippen LogP contribution is 2.32. The summed E-state index contributed by atoms with van der Waals surface area (Å²) in [5.74, 6) is 0. The topological polar surface area (TPSA) is 12.0 Å². The fourth-order valence-electron chi connectivity index (χ4n) is 1.47. The van der Waals surface area contributed by atoms with E-state index in [9.17, 15) is 0 Å². The van der Waals surface area contributed by atoms with Crippen molar-refractivity contribution in [1.82, 2.24) is 5.32 Å². The van der Waals surface area contributed by atoms with Crippen molar-refractivity contribution in [3.8, 4) is 0 Å². The molecule has 0 radical (unpaired) electrons. The lowest BCUT2D eigenvalue weighted by Gasteiger charge is -2.22. The van der Waals surface area contributed by atoms with E-state index in [1.54, 1.807) is 0 Å². The van der Waals surface area contributed by atoms with E-state index in [0.717, 1.165) is 11.6 Å². The molecule has 0 spiro atoms. The van der Waals surface area contributed by atoms with E-state index in [2.05, 4.69) is 46.0 Å². The summed E-state index contributed by atoms with van der Waals surface area (Å²) >= 11 is 8.24. The molecule has 0 aliphatic heterocycles. The van der Waals surface area contributed by atoms with Crippen molar-refractivity contribution in [3.63, 3.8) is 0 Å². The number of hydrogen-bond acceptors (Lipinski definition) is 2. The van der Waals surface area contributed by atoms with E-state index < -0.39 is 0 Å². The van der Waals surface area contributed by atoms with Crippen molar-refractivity contribution in [1.29, 1.82) is 0 Å². The molecule has 1 atom stereocenters. The molecule has 1 rings (SSSR count). The highest BCUT2D eigenvalue weighted by atomic mass is 35.5. The zero-order valence-electron chi connectivity index (χ0n) is 12.0. The second-order valence-corrected chi connectivity index (χ2v) is 7.54. The molecule has 0 aliphatic carbocycles. The Kier molecular flexibility index (Phi) is 6.03. The monoisotopic (exact) mass is 285 g/mol. The number of thioether (sulfide) groups is 1. The van der Waals surface area contributed by atoms with E-state index in [-0.39, 0.29) is 5.54 Å². The number of halogens is 1. The SMILES string of the molecule is CCC(C)Sc1cccc(Cl)c1CNC(C)(C)C. The van der Waals surface area contributed by atoms with Gasteiger partial charge in [0.05, 0.1) is 0 Å². The minimum absolute atomic E-state index is 0.109. The number of benzene rings is 1. The van der Waals surface area contributed by atoms with Crippen LogP contribution in [0.2, 0.25) is 5.02 Å². The molecule has 1 aromatic rings. The fourth-order valence-corrected chi connectivity index (χ4v) is 2.85. The predicted molar refractivity (Wildman–Crippen MR) is 83.7 cm³/mol. The van der Waals surface area contributed by atoms with Gasteiger partial charge >= 0.3 is 0 Å². The van der Waals surface area contributed by atoms with E-state index in [1.807, 2.05) is 23.9 Å². The minimum atomic E-state index is 0.109. The van der Waals surface area contributed by atoms with Crippen LogP contribution in [-0.4, -0.2) is 10.8 Å². The first-order valence-electron chi connectivity index (χ1n) is 6.52. The van der Waals surface area contributed by atoms with Crippen molar-refractivity contribution >= 4 is 23.4 Å². The van der Waals surface area contributed by atoms with Gasteiger partial charge in [0.1, 0.15) is 0 Å². The third kappa shape index (κ3) is 5.21.